The standard InChI is InChI=1S/C9H11ClN2S/c1-6(2)5-8-12-9(10)7(13-8)3-4-11/h6H,3,5H2,1-2H3. The van der Waals surface area contributed by atoms with E-state index in [-0.39, 0.29) is 0 Å². The predicted octanol–water partition coefficient (Wildman–Crippen LogP) is 3.06. The zero-order valence-corrected chi connectivity index (χ0v) is 9.24. The molecule has 0 amide bonds. The van der Waals surface area contributed by atoms with Gasteiger partial charge in [0.05, 0.1) is 22.4 Å². The zero-order valence-electron chi connectivity index (χ0n) is 7.67. The number of nitriles is 1. The molecule has 0 fully saturated rings. The van der Waals surface area contributed by atoms with E-state index in [9.17, 15) is 0 Å². The Labute approximate surface area is 87.2 Å². The molecule has 4 heteroatoms. The van der Waals surface area contributed by atoms with E-state index in [1.807, 2.05) is 0 Å². The van der Waals surface area contributed by atoms with E-state index < -0.39 is 0 Å². The molecule has 1 rings (SSSR count). The number of hydrogen-bond acceptors (Lipinski definition) is 3. The van der Waals surface area contributed by atoms with Gasteiger partial charge in [0, 0.05) is 6.42 Å². The maximum Gasteiger partial charge on any atom is 0.144 e. The number of hydrogen-bond donors (Lipinski definition) is 0. The molecule has 0 atom stereocenters. The second-order valence-electron chi connectivity index (χ2n) is 3.25. The minimum Gasteiger partial charge on any atom is -0.229 e. The summed E-state index contributed by atoms with van der Waals surface area (Å²) in [5.41, 5.74) is 0. The minimum absolute atomic E-state index is 0.370. The van der Waals surface area contributed by atoms with Gasteiger partial charge in [-0.3, -0.25) is 0 Å². The monoisotopic (exact) mass is 214 g/mol. The Morgan fingerprint density at radius 3 is 2.85 bits per heavy atom. The average Bonchev–Trinajstić information content (AvgIpc) is 2.31. The molecule has 0 saturated carbocycles. The number of rotatable bonds is 3. The maximum absolute atomic E-state index is 8.51. The first kappa shape index (κ1) is 10.5. The highest BCUT2D eigenvalue weighted by Crippen LogP contribution is 2.25. The Balaban J connectivity index is 2.77. The van der Waals surface area contributed by atoms with Gasteiger partial charge in [-0.05, 0) is 5.92 Å². The van der Waals surface area contributed by atoms with Crippen molar-refractivity contribution in [3.8, 4) is 6.07 Å². The highest BCUT2D eigenvalue weighted by atomic mass is 35.5. The third-order valence-electron chi connectivity index (χ3n) is 1.52. The Kier molecular flexibility index (Phi) is 3.71. The van der Waals surface area contributed by atoms with Crippen molar-refractivity contribution >= 4 is 22.9 Å². The van der Waals surface area contributed by atoms with Gasteiger partial charge in [-0.25, -0.2) is 4.98 Å². The van der Waals surface area contributed by atoms with E-state index in [0.717, 1.165) is 16.3 Å². The summed E-state index contributed by atoms with van der Waals surface area (Å²) in [6.45, 7) is 4.28. The van der Waals surface area contributed by atoms with Crippen LogP contribution < -0.4 is 0 Å². The second-order valence-corrected chi connectivity index (χ2v) is 4.78. The fourth-order valence-electron chi connectivity index (χ4n) is 0.996. The quantitative estimate of drug-likeness (QED) is 0.776. The summed E-state index contributed by atoms with van der Waals surface area (Å²) in [6, 6.07) is 2.08. The maximum atomic E-state index is 8.51. The summed E-state index contributed by atoms with van der Waals surface area (Å²) >= 11 is 7.40. The van der Waals surface area contributed by atoms with Crippen LogP contribution in [0.5, 0.6) is 0 Å². The van der Waals surface area contributed by atoms with Gasteiger partial charge in [-0.2, -0.15) is 5.26 Å². The molecular formula is C9H11ClN2S. The smallest absolute Gasteiger partial charge is 0.144 e. The second kappa shape index (κ2) is 4.59. The molecule has 0 N–H and O–H groups in total. The average molecular weight is 215 g/mol. The molecule has 0 aromatic carbocycles. The molecule has 0 bridgehead atoms. The fourth-order valence-corrected chi connectivity index (χ4v) is 2.44. The van der Waals surface area contributed by atoms with Crippen LogP contribution in [0.2, 0.25) is 5.15 Å². The molecule has 1 heterocycles. The Morgan fingerprint density at radius 1 is 1.62 bits per heavy atom. The molecule has 2 nitrogen and oxygen atoms in total. The predicted molar refractivity (Wildman–Crippen MR) is 55.0 cm³/mol. The summed E-state index contributed by atoms with van der Waals surface area (Å²) in [5, 5.41) is 10.0. The number of thiazole rings is 1. The summed E-state index contributed by atoms with van der Waals surface area (Å²) < 4.78 is 0. The Bertz CT molecular complexity index is 325. The van der Waals surface area contributed by atoms with Crippen LogP contribution in [0.15, 0.2) is 0 Å². The summed E-state index contributed by atoms with van der Waals surface area (Å²) in [6.07, 6.45) is 1.31. The fraction of sp³-hybridized carbons (Fsp3) is 0.556. The largest absolute Gasteiger partial charge is 0.229 e. The first-order valence-corrected chi connectivity index (χ1v) is 5.34. The van der Waals surface area contributed by atoms with E-state index in [0.29, 0.717) is 17.5 Å². The van der Waals surface area contributed by atoms with Crippen LogP contribution in [0.4, 0.5) is 0 Å². The van der Waals surface area contributed by atoms with Crippen molar-refractivity contribution in [2.45, 2.75) is 26.7 Å². The molecular weight excluding hydrogens is 204 g/mol. The van der Waals surface area contributed by atoms with Gasteiger partial charge in [-0.1, -0.05) is 25.4 Å². The van der Waals surface area contributed by atoms with Crippen LogP contribution in [0.3, 0.4) is 0 Å². The number of nitrogens with zero attached hydrogens (tertiary/aromatic N) is 2. The lowest BCUT2D eigenvalue weighted by Crippen LogP contribution is -1.91. The van der Waals surface area contributed by atoms with E-state index in [2.05, 4.69) is 24.9 Å². The van der Waals surface area contributed by atoms with Crippen LogP contribution in [-0.2, 0) is 12.8 Å². The molecule has 0 saturated heterocycles. The Hall–Kier alpha value is -0.590. The van der Waals surface area contributed by atoms with Gasteiger partial charge in [-0.15, -0.1) is 11.3 Å². The van der Waals surface area contributed by atoms with Crippen molar-refractivity contribution in [2.75, 3.05) is 0 Å². The topological polar surface area (TPSA) is 36.7 Å². The van der Waals surface area contributed by atoms with Crippen molar-refractivity contribution in [1.82, 2.24) is 4.98 Å². The van der Waals surface area contributed by atoms with Gasteiger partial charge in [0.1, 0.15) is 5.15 Å². The third kappa shape index (κ3) is 2.98. The van der Waals surface area contributed by atoms with Gasteiger partial charge in [0.2, 0.25) is 0 Å². The van der Waals surface area contributed by atoms with Gasteiger partial charge in [0.25, 0.3) is 0 Å². The summed E-state index contributed by atoms with van der Waals surface area (Å²) in [7, 11) is 0. The number of halogens is 1. The van der Waals surface area contributed by atoms with Gasteiger partial charge >= 0.3 is 0 Å². The molecule has 0 spiro atoms. The van der Waals surface area contributed by atoms with Crippen LogP contribution in [0.1, 0.15) is 23.7 Å². The lowest BCUT2D eigenvalue weighted by molar-refractivity contribution is 0.644. The Morgan fingerprint density at radius 2 is 2.31 bits per heavy atom. The zero-order chi connectivity index (χ0) is 9.84. The van der Waals surface area contributed by atoms with Gasteiger partial charge < -0.3 is 0 Å². The van der Waals surface area contributed by atoms with Crippen LogP contribution in [0, 0.1) is 17.2 Å². The molecule has 0 aliphatic rings. The van der Waals surface area contributed by atoms with E-state index in [1.54, 1.807) is 11.3 Å². The molecule has 0 radical (unpaired) electrons. The van der Waals surface area contributed by atoms with E-state index in [1.165, 1.54) is 0 Å². The van der Waals surface area contributed by atoms with Crippen molar-refractivity contribution in [1.29, 1.82) is 5.26 Å². The molecule has 0 unspecified atom stereocenters. The lowest BCUT2D eigenvalue weighted by Gasteiger charge is -1.97. The van der Waals surface area contributed by atoms with E-state index >= 15 is 0 Å². The van der Waals surface area contributed by atoms with Crippen molar-refractivity contribution in [2.24, 2.45) is 5.92 Å². The molecule has 0 aliphatic carbocycles. The summed E-state index contributed by atoms with van der Waals surface area (Å²) in [4.78, 5) is 5.09. The normalized spacial score (nSPS) is 10.4. The molecule has 1 aromatic rings. The summed E-state index contributed by atoms with van der Waals surface area (Å²) in [5.74, 6) is 0.581. The highest BCUT2D eigenvalue weighted by molar-refractivity contribution is 7.12. The van der Waals surface area contributed by atoms with Crippen molar-refractivity contribution in [3.63, 3.8) is 0 Å². The SMILES string of the molecule is CC(C)Cc1nc(Cl)c(CC#N)s1. The van der Waals surface area contributed by atoms with Crippen LogP contribution >= 0.6 is 22.9 Å². The van der Waals surface area contributed by atoms with Crippen molar-refractivity contribution in [3.05, 3.63) is 15.0 Å². The van der Waals surface area contributed by atoms with Gasteiger partial charge in [0.15, 0.2) is 0 Å². The molecule has 1 aromatic heterocycles. The molecule has 0 aliphatic heterocycles. The minimum atomic E-state index is 0.370. The van der Waals surface area contributed by atoms with Crippen LogP contribution in [0.25, 0.3) is 0 Å². The van der Waals surface area contributed by atoms with Crippen LogP contribution in [-0.4, -0.2) is 4.98 Å². The molecule has 70 valence electrons. The lowest BCUT2D eigenvalue weighted by atomic mass is 10.1. The first-order chi connectivity index (χ1) is 6.13. The highest BCUT2D eigenvalue weighted by Gasteiger charge is 2.09. The molecule has 13 heavy (non-hydrogen) atoms. The van der Waals surface area contributed by atoms with E-state index in [4.69, 9.17) is 16.9 Å². The third-order valence-corrected chi connectivity index (χ3v) is 3.02. The number of aromatic nitrogens is 1. The van der Waals surface area contributed by atoms with Crippen molar-refractivity contribution < 1.29 is 0 Å². The first-order valence-electron chi connectivity index (χ1n) is 4.14.